The molecule has 1 aliphatic carbocycles. The Kier molecular flexibility index (Phi) is 5.67. The van der Waals surface area contributed by atoms with Crippen molar-refractivity contribution in [2.75, 3.05) is 20.8 Å². The molecule has 0 saturated heterocycles. The van der Waals surface area contributed by atoms with Gasteiger partial charge in [0.05, 0.1) is 0 Å². The Morgan fingerprint density at radius 1 is 1.17 bits per heavy atom. The summed E-state index contributed by atoms with van der Waals surface area (Å²) >= 11 is 0. The Hall–Kier alpha value is -0.0800. The minimum Gasteiger partial charge on any atom is -0.307 e. The summed E-state index contributed by atoms with van der Waals surface area (Å²) in [6, 6.07) is 0. The summed E-state index contributed by atoms with van der Waals surface area (Å²) in [6.45, 7) is 10.7. The molecule has 0 radical (unpaired) electrons. The van der Waals surface area contributed by atoms with E-state index in [0.29, 0.717) is 11.0 Å². The molecular weight excluding hydrogens is 220 g/mol. The van der Waals surface area contributed by atoms with Crippen LogP contribution in [0.15, 0.2) is 0 Å². The highest BCUT2D eigenvalue weighted by molar-refractivity contribution is 4.99. The number of nitrogens with zero attached hydrogens (tertiary/aromatic N) is 1. The van der Waals surface area contributed by atoms with Crippen LogP contribution in [0.1, 0.15) is 66.2 Å². The van der Waals surface area contributed by atoms with Gasteiger partial charge in [0.1, 0.15) is 0 Å². The fourth-order valence-corrected chi connectivity index (χ4v) is 3.85. The number of hydrogen-bond donors (Lipinski definition) is 1. The third kappa shape index (κ3) is 3.48. The van der Waals surface area contributed by atoms with Crippen molar-refractivity contribution < 1.29 is 0 Å². The van der Waals surface area contributed by atoms with E-state index in [1.54, 1.807) is 0 Å². The molecule has 18 heavy (non-hydrogen) atoms. The third-order valence-corrected chi connectivity index (χ3v) is 5.10. The molecule has 0 heterocycles. The second-order valence-electron chi connectivity index (χ2n) is 7.38. The first kappa shape index (κ1) is 16.0. The normalized spacial score (nSPS) is 31.2. The maximum absolute atomic E-state index is 3.33. The maximum Gasteiger partial charge on any atom is 0.0480 e. The van der Waals surface area contributed by atoms with Gasteiger partial charge in [0, 0.05) is 12.2 Å². The first-order chi connectivity index (χ1) is 8.33. The van der Waals surface area contributed by atoms with Gasteiger partial charge in [-0.25, -0.2) is 0 Å². The van der Waals surface area contributed by atoms with Crippen molar-refractivity contribution >= 4 is 0 Å². The lowest BCUT2D eigenvalue weighted by molar-refractivity contribution is -0.0180. The highest BCUT2D eigenvalue weighted by atomic mass is 15.3. The van der Waals surface area contributed by atoms with Crippen molar-refractivity contribution in [1.82, 2.24) is 10.2 Å². The predicted octanol–water partition coefficient (Wildman–Crippen LogP) is 3.87. The molecule has 0 amide bonds. The van der Waals surface area contributed by atoms with Crippen molar-refractivity contribution in [2.45, 2.75) is 71.8 Å². The Morgan fingerprint density at radius 2 is 1.67 bits per heavy atom. The van der Waals surface area contributed by atoms with E-state index in [0.717, 1.165) is 12.6 Å². The van der Waals surface area contributed by atoms with Crippen LogP contribution < -0.4 is 5.32 Å². The van der Waals surface area contributed by atoms with Crippen LogP contribution in [0.25, 0.3) is 0 Å². The molecule has 1 rings (SSSR count). The molecule has 0 spiro atoms. The summed E-state index contributed by atoms with van der Waals surface area (Å²) in [7, 11) is 4.35. The van der Waals surface area contributed by atoms with Gasteiger partial charge in [-0.1, -0.05) is 53.4 Å². The van der Waals surface area contributed by atoms with E-state index < -0.39 is 0 Å². The second-order valence-corrected chi connectivity index (χ2v) is 7.38. The van der Waals surface area contributed by atoms with Crippen molar-refractivity contribution in [3.63, 3.8) is 0 Å². The van der Waals surface area contributed by atoms with E-state index in [1.807, 2.05) is 0 Å². The lowest BCUT2D eigenvalue weighted by atomic mass is 9.65. The molecule has 108 valence electrons. The van der Waals surface area contributed by atoms with Gasteiger partial charge in [-0.15, -0.1) is 0 Å². The van der Waals surface area contributed by atoms with Gasteiger partial charge in [0.15, 0.2) is 0 Å². The van der Waals surface area contributed by atoms with Crippen molar-refractivity contribution in [3.8, 4) is 0 Å². The molecule has 1 N–H and O–H groups in total. The molecule has 0 bridgehead atoms. The van der Waals surface area contributed by atoms with Crippen LogP contribution in [0.4, 0.5) is 0 Å². The highest BCUT2D eigenvalue weighted by Gasteiger charge is 2.44. The van der Waals surface area contributed by atoms with E-state index in [1.165, 1.54) is 38.5 Å². The largest absolute Gasteiger partial charge is 0.307 e. The summed E-state index contributed by atoms with van der Waals surface area (Å²) in [5.74, 6) is 0.928. The minimum absolute atomic E-state index is 0.346. The molecule has 0 aromatic rings. The van der Waals surface area contributed by atoms with Crippen molar-refractivity contribution in [2.24, 2.45) is 11.3 Å². The monoisotopic (exact) mass is 254 g/mol. The first-order valence-electron chi connectivity index (χ1n) is 7.69. The molecule has 0 aliphatic heterocycles. The van der Waals surface area contributed by atoms with Gasteiger partial charge in [-0.05, 0) is 38.3 Å². The zero-order valence-corrected chi connectivity index (χ0v) is 13.5. The van der Waals surface area contributed by atoms with E-state index in [9.17, 15) is 0 Å². The zero-order chi connectivity index (χ0) is 13.8. The number of hydrogen-bond acceptors (Lipinski definition) is 2. The fraction of sp³-hybridized carbons (Fsp3) is 1.00. The fourth-order valence-electron chi connectivity index (χ4n) is 3.85. The molecule has 0 unspecified atom stereocenters. The van der Waals surface area contributed by atoms with Crippen LogP contribution in [0.3, 0.4) is 0 Å². The summed E-state index contributed by atoms with van der Waals surface area (Å²) in [5.41, 5.74) is 0.704. The maximum atomic E-state index is 3.33. The minimum atomic E-state index is 0.346. The first-order valence-corrected chi connectivity index (χ1v) is 7.69. The molecule has 2 nitrogen and oxygen atoms in total. The SMILES string of the molecule is CNCN(C)C1(C(C)(C)C)CCCC(C)CCC1. The lowest BCUT2D eigenvalue weighted by Crippen LogP contribution is -2.57. The Labute approximate surface area is 115 Å². The molecule has 2 heteroatoms. The lowest BCUT2D eigenvalue weighted by Gasteiger charge is -2.52. The van der Waals surface area contributed by atoms with Gasteiger partial charge in [-0.2, -0.15) is 0 Å². The summed E-state index contributed by atoms with van der Waals surface area (Å²) in [4.78, 5) is 2.57. The molecule has 1 fully saturated rings. The van der Waals surface area contributed by atoms with Crippen LogP contribution in [0.2, 0.25) is 0 Å². The van der Waals surface area contributed by atoms with Crippen molar-refractivity contribution in [1.29, 1.82) is 0 Å². The number of rotatable bonds is 3. The average molecular weight is 254 g/mol. The molecule has 1 saturated carbocycles. The van der Waals surface area contributed by atoms with E-state index in [4.69, 9.17) is 0 Å². The summed E-state index contributed by atoms with van der Waals surface area (Å²) in [6.07, 6.45) is 8.27. The van der Waals surface area contributed by atoms with Gasteiger partial charge in [-0.3, -0.25) is 4.90 Å². The zero-order valence-electron chi connectivity index (χ0n) is 13.5. The van der Waals surface area contributed by atoms with Gasteiger partial charge >= 0.3 is 0 Å². The molecular formula is C16H34N2. The van der Waals surface area contributed by atoms with Gasteiger partial charge in [0.25, 0.3) is 0 Å². The quantitative estimate of drug-likeness (QED) is 0.769. The Balaban J connectivity index is 2.89. The van der Waals surface area contributed by atoms with Gasteiger partial charge < -0.3 is 5.32 Å². The summed E-state index contributed by atoms with van der Waals surface area (Å²) in [5, 5.41) is 3.33. The van der Waals surface area contributed by atoms with Crippen LogP contribution in [-0.2, 0) is 0 Å². The molecule has 0 aromatic heterocycles. The van der Waals surface area contributed by atoms with Gasteiger partial charge in [0.2, 0.25) is 0 Å². The molecule has 1 aliphatic rings. The third-order valence-electron chi connectivity index (χ3n) is 5.10. The predicted molar refractivity (Wildman–Crippen MR) is 80.7 cm³/mol. The number of nitrogens with one attached hydrogen (secondary N) is 1. The van der Waals surface area contributed by atoms with E-state index >= 15 is 0 Å². The second kappa shape index (κ2) is 6.38. The summed E-state index contributed by atoms with van der Waals surface area (Å²) < 4.78 is 0. The highest BCUT2D eigenvalue weighted by Crippen LogP contribution is 2.44. The Bertz CT molecular complexity index is 232. The van der Waals surface area contributed by atoms with E-state index in [2.05, 4.69) is 52.0 Å². The molecule has 0 atom stereocenters. The van der Waals surface area contributed by atoms with Crippen LogP contribution in [0.5, 0.6) is 0 Å². The topological polar surface area (TPSA) is 15.3 Å². The average Bonchev–Trinajstić information content (AvgIpc) is 2.21. The van der Waals surface area contributed by atoms with Crippen LogP contribution in [0, 0.1) is 11.3 Å². The molecule has 0 aromatic carbocycles. The van der Waals surface area contributed by atoms with Crippen molar-refractivity contribution in [3.05, 3.63) is 0 Å². The van der Waals surface area contributed by atoms with E-state index in [-0.39, 0.29) is 0 Å². The van der Waals surface area contributed by atoms with Crippen LogP contribution >= 0.6 is 0 Å². The smallest absolute Gasteiger partial charge is 0.0480 e. The van der Waals surface area contributed by atoms with Crippen LogP contribution in [-0.4, -0.2) is 31.2 Å². The standard InChI is InChI=1S/C16H34N2/c1-14-9-7-11-16(12-8-10-14,15(2,3)4)18(6)13-17-5/h14,17H,7-13H2,1-6H3. The Morgan fingerprint density at radius 3 is 2.06 bits per heavy atom.